The van der Waals surface area contributed by atoms with E-state index >= 15 is 0 Å². The van der Waals surface area contributed by atoms with Crippen molar-refractivity contribution in [1.82, 2.24) is 0 Å². The predicted molar refractivity (Wildman–Crippen MR) is 69.2 cm³/mol. The molecule has 3 aliphatic rings. The van der Waals surface area contributed by atoms with Gasteiger partial charge in [0.15, 0.2) is 0 Å². The fourth-order valence-electron chi connectivity index (χ4n) is 4.58. The Balaban J connectivity index is 1.98. The lowest BCUT2D eigenvalue weighted by atomic mass is 9.52. The molecule has 0 radical (unpaired) electrons. The zero-order chi connectivity index (χ0) is 13.8. The van der Waals surface area contributed by atoms with Gasteiger partial charge in [0.05, 0.1) is 6.10 Å². The third-order valence-electron chi connectivity index (χ3n) is 5.77. The summed E-state index contributed by atoms with van der Waals surface area (Å²) in [5.74, 6) is -0.0657. The summed E-state index contributed by atoms with van der Waals surface area (Å²) in [5, 5.41) is 20.0. The molecule has 2 N–H and O–H groups in total. The third-order valence-corrected chi connectivity index (χ3v) is 5.77. The Morgan fingerprint density at radius 1 is 1.42 bits per heavy atom. The Hall–Kier alpha value is -0.870. The van der Waals surface area contributed by atoms with E-state index in [4.69, 9.17) is 4.74 Å². The Morgan fingerprint density at radius 2 is 2.16 bits per heavy atom. The number of hydrogen-bond acceptors (Lipinski definition) is 4. The molecular weight excluding hydrogens is 244 g/mol. The van der Waals surface area contributed by atoms with Gasteiger partial charge >= 0.3 is 5.97 Å². The Morgan fingerprint density at radius 3 is 2.84 bits per heavy atom. The van der Waals surface area contributed by atoms with Crippen molar-refractivity contribution in [1.29, 1.82) is 0 Å². The van der Waals surface area contributed by atoms with Crippen LogP contribution < -0.4 is 0 Å². The van der Waals surface area contributed by atoms with E-state index in [9.17, 15) is 15.0 Å². The molecule has 0 aromatic carbocycles. The standard InChI is InChI=1S/C15H22O4/c1-8-10-5-6-15(2)11(17)4-3-9(7-16)12(15)13(10)19-14(8)18/h9-13,16-17H,1,3-7H2,2H3/t9-,10?,11+,12+,13-,15-/m0/s1. The minimum absolute atomic E-state index is 0.0446. The first-order valence-electron chi connectivity index (χ1n) is 7.17. The van der Waals surface area contributed by atoms with Crippen LogP contribution in [0.1, 0.15) is 32.6 Å². The van der Waals surface area contributed by atoms with Crippen molar-refractivity contribution in [2.75, 3.05) is 6.61 Å². The number of carbonyl (C=O) groups is 1. The summed E-state index contributed by atoms with van der Waals surface area (Å²) in [4.78, 5) is 11.7. The van der Waals surface area contributed by atoms with Crippen LogP contribution in [-0.4, -0.2) is 35.0 Å². The summed E-state index contributed by atoms with van der Waals surface area (Å²) in [6.07, 6.45) is 2.67. The van der Waals surface area contributed by atoms with Crippen LogP contribution in [0.4, 0.5) is 0 Å². The molecule has 1 saturated heterocycles. The first-order valence-corrected chi connectivity index (χ1v) is 7.17. The maximum absolute atomic E-state index is 11.7. The fraction of sp³-hybridized carbons (Fsp3) is 0.800. The van der Waals surface area contributed by atoms with Gasteiger partial charge in [-0.3, -0.25) is 0 Å². The average Bonchev–Trinajstić information content (AvgIpc) is 2.67. The van der Waals surface area contributed by atoms with E-state index in [0.29, 0.717) is 5.57 Å². The van der Waals surface area contributed by atoms with Crippen LogP contribution in [0.5, 0.6) is 0 Å². The zero-order valence-electron chi connectivity index (χ0n) is 11.3. The van der Waals surface area contributed by atoms with Gasteiger partial charge in [-0.2, -0.15) is 0 Å². The zero-order valence-corrected chi connectivity index (χ0v) is 11.3. The second kappa shape index (κ2) is 4.32. The molecule has 106 valence electrons. The van der Waals surface area contributed by atoms with E-state index in [1.54, 1.807) is 0 Å². The molecule has 1 heterocycles. The van der Waals surface area contributed by atoms with Crippen LogP contribution in [0, 0.1) is 23.2 Å². The van der Waals surface area contributed by atoms with E-state index < -0.39 is 0 Å². The van der Waals surface area contributed by atoms with E-state index in [-0.39, 0.29) is 48.0 Å². The first-order chi connectivity index (χ1) is 8.99. The molecule has 0 spiro atoms. The SMILES string of the molecule is C=C1C(=O)O[C@H]2C1CC[C@]1(C)[C@@H]2[C@H](CO)CC[C@H]1O. The number of aliphatic hydroxyl groups is 2. The maximum atomic E-state index is 11.7. The average molecular weight is 266 g/mol. The van der Waals surface area contributed by atoms with Crippen molar-refractivity contribution in [3.63, 3.8) is 0 Å². The molecule has 6 atom stereocenters. The molecule has 4 nitrogen and oxygen atoms in total. The highest BCUT2D eigenvalue weighted by atomic mass is 16.6. The van der Waals surface area contributed by atoms with Gasteiger partial charge < -0.3 is 14.9 Å². The van der Waals surface area contributed by atoms with Crippen molar-refractivity contribution >= 4 is 5.97 Å². The smallest absolute Gasteiger partial charge is 0.334 e. The summed E-state index contributed by atoms with van der Waals surface area (Å²) in [6, 6.07) is 0. The first kappa shape index (κ1) is 13.1. The number of aliphatic hydroxyl groups excluding tert-OH is 2. The predicted octanol–water partition coefficient (Wildman–Crippen LogP) is 1.26. The van der Waals surface area contributed by atoms with Crippen molar-refractivity contribution in [2.24, 2.45) is 23.2 Å². The van der Waals surface area contributed by atoms with E-state index in [1.165, 1.54) is 0 Å². The normalized spacial score (nSPS) is 49.5. The second-order valence-corrected chi connectivity index (χ2v) is 6.61. The molecule has 0 amide bonds. The largest absolute Gasteiger partial charge is 0.458 e. The summed E-state index contributed by atoms with van der Waals surface area (Å²) in [7, 11) is 0. The Labute approximate surface area is 113 Å². The second-order valence-electron chi connectivity index (χ2n) is 6.61. The minimum Gasteiger partial charge on any atom is -0.458 e. The van der Waals surface area contributed by atoms with E-state index in [0.717, 1.165) is 25.7 Å². The van der Waals surface area contributed by atoms with Crippen molar-refractivity contribution in [3.8, 4) is 0 Å². The van der Waals surface area contributed by atoms with E-state index in [1.807, 2.05) is 0 Å². The van der Waals surface area contributed by atoms with Gasteiger partial charge in [-0.15, -0.1) is 0 Å². The molecule has 19 heavy (non-hydrogen) atoms. The quantitative estimate of drug-likeness (QED) is 0.554. The van der Waals surface area contributed by atoms with Crippen LogP contribution in [0.3, 0.4) is 0 Å². The lowest BCUT2D eigenvalue weighted by Gasteiger charge is -2.54. The Kier molecular flexibility index (Phi) is 2.98. The number of esters is 1. The highest BCUT2D eigenvalue weighted by Crippen LogP contribution is 2.57. The van der Waals surface area contributed by atoms with Crippen LogP contribution in [0.15, 0.2) is 12.2 Å². The van der Waals surface area contributed by atoms with E-state index in [2.05, 4.69) is 13.5 Å². The van der Waals surface area contributed by atoms with Gasteiger partial charge in [0.25, 0.3) is 0 Å². The number of hydrogen-bond donors (Lipinski definition) is 2. The summed E-state index contributed by atoms with van der Waals surface area (Å²) < 4.78 is 5.53. The van der Waals surface area contributed by atoms with Crippen molar-refractivity contribution in [2.45, 2.75) is 44.8 Å². The number of ether oxygens (including phenoxy) is 1. The maximum Gasteiger partial charge on any atom is 0.334 e. The summed E-state index contributed by atoms with van der Waals surface area (Å²) in [6.45, 7) is 6.03. The highest BCUT2D eigenvalue weighted by molar-refractivity contribution is 5.90. The summed E-state index contributed by atoms with van der Waals surface area (Å²) in [5.41, 5.74) is 0.321. The molecule has 3 fully saturated rings. The van der Waals surface area contributed by atoms with Gasteiger partial charge in [0.2, 0.25) is 0 Å². The van der Waals surface area contributed by atoms with Gasteiger partial charge in [0, 0.05) is 29.4 Å². The topological polar surface area (TPSA) is 66.8 Å². The molecule has 0 aromatic rings. The van der Waals surface area contributed by atoms with Gasteiger partial charge in [0.1, 0.15) is 6.10 Å². The molecule has 2 aliphatic carbocycles. The van der Waals surface area contributed by atoms with Crippen molar-refractivity contribution in [3.05, 3.63) is 12.2 Å². The lowest BCUT2D eigenvalue weighted by molar-refractivity contribution is -0.171. The number of carbonyl (C=O) groups excluding carboxylic acids is 1. The molecular formula is C15H22O4. The molecule has 4 heteroatoms. The minimum atomic E-state index is -0.367. The van der Waals surface area contributed by atoms with Gasteiger partial charge in [-0.05, 0) is 31.6 Å². The van der Waals surface area contributed by atoms with Crippen LogP contribution in [0.25, 0.3) is 0 Å². The lowest BCUT2D eigenvalue weighted by Crippen LogP contribution is -2.56. The van der Waals surface area contributed by atoms with Crippen molar-refractivity contribution < 1.29 is 19.7 Å². The van der Waals surface area contributed by atoms with Crippen LogP contribution >= 0.6 is 0 Å². The number of rotatable bonds is 1. The molecule has 1 unspecified atom stereocenters. The number of fused-ring (bicyclic) bond motifs is 3. The molecule has 2 saturated carbocycles. The fourth-order valence-corrected chi connectivity index (χ4v) is 4.58. The third kappa shape index (κ3) is 1.69. The molecule has 0 bridgehead atoms. The van der Waals surface area contributed by atoms with Gasteiger partial charge in [-0.25, -0.2) is 4.79 Å². The highest BCUT2D eigenvalue weighted by Gasteiger charge is 2.59. The molecule has 0 aromatic heterocycles. The Bertz CT molecular complexity index is 418. The molecule has 3 rings (SSSR count). The van der Waals surface area contributed by atoms with Crippen LogP contribution in [-0.2, 0) is 9.53 Å². The van der Waals surface area contributed by atoms with Gasteiger partial charge in [-0.1, -0.05) is 13.5 Å². The summed E-state index contributed by atoms with van der Waals surface area (Å²) >= 11 is 0. The van der Waals surface area contributed by atoms with Crippen LogP contribution in [0.2, 0.25) is 0 Å². The monoisotopic (exact) mass is 266 g/mol. The molecule has 1 aliphatic heterocycles.